The van der Waals surface area contributed by atoms with E-state index in [2.05, 4.69) is 20.7 Å². The first-order valence-electron chi connectivity index (χ1n) is 15.4. The third-order valence-corrected chi connectivity index (χ3v) is 9.01. The Morgan fingerprint density at radius 1 is 0.840 bits per heavy atom. The van der Waals surface area contributed by atoms with Crippen molar-refractivity contribution in [3.8, 4) is 10.6 Å². The van der Waals surface area contributed by atoms with Crippen molar-refractivity contribution in [2.75, 3.05) is 0 Å². The standard InChI is InChI=1S/C34H37N4O10PS/c1-22(2)28(29(39)36-27(32(40)41)19-23-13-15-26(16-14-23)31-35-17-18-50-31)38-49(44,45)48-30(33(42)46-20-24-9-5-3-6-10-24)37-34(43)47-21-25-11-7-4-8-12-25/h3-18,22,27-28,30H,19-21H2,1-2H3,(H,36,39)(H,37,43)(H,40,41)(H2,38,44,45)/t27-,28-,30?/m0/s1. The molecule has 2 amide bonds. The van der Waals surface area contributed by atoms with Gasteiger partial charge in [-0.15, -0.1) is 11.3 Å². The van der Waals surface area contributed by atoms with Crippen LogP contribution in [0.1, 0.15) is 30.5 Å². The molecule has 0 aliphatic heterocycles. The van der Waals surface area contributed by atoms with Gasteiger partial charge in [0.2, 0.25) is 12.1 Å². The van der Waals surface area contributed by atoms with Gasteiger partial charge in [-0.2, -0.15) is 0 Å². The molecular formula is C34H37N4O10PS. The number of hydrogen-bond donors (Lipinski definition) is 5. The lowest BCUT2D eigenvalue weighted by Crippen LogP contribution is -2.52. The van der Waals surface area contributed by atoms with Crippen LogP contribution in [0, 0.1) is 5.92 Å². The number of hydrogen-bond acceptors (Lipinski definition) is 10. The Hall–Kier alpha value is -4.92. The van der Waals surface area contributed by atoms with Gasteiger partial charge in [0.15, 0.2) is 0 Å². The molecule has 16 heteroatoms. The Morgan fingerprint density at radius 2 is 1.44 bits per heavy atom. The number of amides is 2. The highest BCUT2D eigenvalue weighted by atomic mass is 32.1. The van der Waals surface area contributed by atoms with Crippen molar-refractivity contribution in [1.82, 2.24) is 20.7 Å². The number of rotatable bonds is 17. The Bertz CT molecular complexity index is 1760. The molecule has 264 valence electrons. The van der Waals surface area contributed by atoms with Crippen LogP contribution < -0.4 is 15.7 Å². The number of ether oxygens (including phenoxy) is 2. The monoisotopic (exact) mass is 724 g/mol. The zero-order valence-corrected chi connectivity index (χ0v) is 28.8. The van der Waals surface area contributed by atoms with E-state index in [1.54, 1.807) is 105 Å². The number of esters is 1. The smallest absolute Gasteiger partial charge is 0.409 e. The van der Waals surface area contributed by atoms with E-state index in [4.69, 9.17) is 14.0 Å². The number of carbonyl (C=O) groups excluding carboxylic acids is 3. The van der Waals surface area contributed by atoms with Crippen LogP contribution in [0.15, 0.2) is 96.5 Å². The molecule has 50 heavy (non-hydrogen) atoms. The van der Waals surface area contributed by atoms with Gasteiger partial charge in [0.25, 0.3) is 0 Å². The summed E-state index contributed by atoms with van der Waals surface area (Å²) in [6, 6.07) is 21.4. The van der Waals surface area contributed by atoms with Gasteiger partial charge < -0.3 is 24.8 Å². The third-order valence-electron chi connectivity index (χ3n) is 7.09. The van der Waals surface area contributed by atoms with E-state index in [1.165, 1.54) is 11.3 Å². The average molecular weight is 725 g/mol. The summed E-state index contributed by atoms with van der Waals surface area (Å²) < 4.78 is 28.8. The molecule has 0 aliphatic carbocycles. The van der Waals surface area contributed by atoms with Crippen LogP contribution in [-0.2, 0) is 52.6 Å². The summed E-state index contributed by atoms with van der Waals surface area (Å²) in [5.74, 6) is -4.13. The van der Waals surface area contributed by atoms with Crippen molar-refractivity contribution in [3.63, 3.8) is 0 Å². The predicted octanol–water partition coefficient (Wildman–Crippen LogP) is 4.65. The van der Waals surface area contributed by atoms with E-state index in [-0.39, 0.29) is 19.6 Å². The lowest BCUT2D eigenvalue weighted by Gasteiger charge is -2.27. The molecule has 5 N–H and O–H groups in total. The molecule has 4 atom stereocenters. The minimum atomic E-state index is -5.09. The second-order valence-corrected chi connectivity index (χ2v) is 13.7. The minimum absolute atomic E-state index is 0.0817. The quantitative estimate of drug-likeness (QED) is 0.0574. The van der Waals surface area contributed by atoms with Gasteiger partial charge in [0.1, 0.15) is 24.3 Å². The number of carbonyl (C=O) groups is 4. The topological polar surface area (TPSA) is 202 Å². The largest absolute Gasteiger partial charge is 0.480 e. The van der Waals surface area contributed by atoms with E-state index in [0.717, 1.165) is 10.6 Å². The lowest BCUT2D eigenvalue weighted by molar-refractivity contribution is -0.155. The summed E-state index contributed by atoms with van der Waals surface area (Å²) in [6.45, 7) is 2.68. The fourth-order valence-electron chi connectivity index (χ4n) is 4.51. The highest BCUT2D eigenvalue weighted by molar-refractivity contribution is 7.50. The number of nitrogens with zero attached hydrogens (tertiary/aromatic N) is 1. The number of thiazole rings is 1. The van der Waals surface area contributed by atoms with Crippen LogP contribution in [0.4, 0.5) is 4.79 Å². The van der Waals surface area contributed by atoms with E-state index < -0.39 is 55.9 Å². The third kappa shape index (κ3) is 11.9. The molecule has 0 saturated carbocycles. The van der Waals surface area contributed by atoms with Crippen molar-refractivity contribution in [1.29, 1.82) is 0 Å². The van der Waals surface area contributed by atoms with Crippen LogP contribution in [-0.4, -0.2) is 57.2 Å². The summed E-state index contributed by atoms with van der Waals surface area (Å²) >= 11 is 1.45. The molecule has 1 aromatic heterocycles. The number of aromatic nitrogens is 1. The van der Waals surface area contributed by atoms with Gasteiger partial charge in [-0.1, -0.05) is 98.8 Å². The molecule has 4 aromatic rings. The summed E-state index contributed by atoms with van der Waals surface area (Å²) in [4.78, 5) is 66.1. The Balaban J connectivity index is 1.43. The molecule has 0 spiro atoms. The van der Waals surface area contributed by atoms with Crippen LogP contribution in [0.2, 0.25) is 0 Å². The second kappa shape index (κ2) is 18.2. The molecule has 0 aliphatic rings. The molecule has 14 nitrogen and oxygen atoms in total. The highest BCUT2D eigenvalue weighted by Crippen LogP contribution is 2.40. The zero-order valence-electron chi connectivity index (χ0n) is 27.1. The SMILES string of the molecule is CC(C)[C@H](NP(=O)(O)OC(NC(=O)OCc1ccccc1)C(=O)OCc1ccccc1)C(=O)N[C@@H](Cc1ccc(-c2nccs2)cc1)C(=O)O. The van der Waals surface area contributed by atoms with Crippen LogP contribution >= 0.6 is 19.1 Å². The maximum absolute atomic E-state index is 13.3. The first-order chi connectivity index (χ1) is 23.9. The van der Waals surface area contributed by atoms with Crippen LogP contribution in [0.25, 0.3) is 10.6 Å². The number of carboxylic acid groups (broad SMARTS) is 1. The molecule has 4 rings (SSSR count). The summed E-state index contributed by atoms with van der Waals surface area (Å²) in [7, 11) is -5.09. The van der Waals surface area contributed by atoms with E-state index in [9.17, 15) is 33.7 Å². The minimum Gasteiger partial charge on any atom is -0.480 e. The Kier molecular flexibility index (Phi) is 13.8. The number of aliphatic carboxylic acids is 1. The van der Waals surface area contributed by atoms with Crippen LogP contribution in [0.3, 0.4) is 0 Å². The van der Waals surface area contributed by atoms with E-state index >= 15 is 0 Å². The lowest BCUT2D eigenvalue weighted by atomic mass is 10.0. The number of benzene rings is 3. The molecule has 0 fully saturated rings. The maximum Gasteiger partial charge on any atom is 0.409 e. The Labute approximate surface area is 292 Å². The van der Waals surface area contributed by atoms with Gasteiger partial charge in [-0.3, -0.25) is 14.6 Å². The van der Waals surface area contributed by atoms with Gasteiger partial charge in [-0.05, 0) is 22.6 Å². The first-order valence-corrected chi connectivity index (χ1v) is 17.8. The normalized spacial score (nSPS) is 14.1. The molecule has 1 heterocycles. The van der Waals surface area contributed by atoms with Gasteiger partial charge in [-0.25, -0.2) is 29.0 Å². The zero-order chi connectivity index (χ0) is 36.1. The van der Waals surface area contributed by atoms with Crippen LogP contribution in [0.5, 0.6) is 0 Å². The Morgan fingerprint density at radius 3 is 1.98 bits per heavy atom. The first kappa shape index (κ1) is 37.9. The van der Waals surface area contributed by atoms with E-state index in [1.807, 2.05) is 5.38 Å². The van der Waals surface area contributed by atoms with E-state index in [0.29, 0.717) is 16.7 Å². The molecule has 0 bridgehead atoms. The molecular weight excluding hydrogens is 687 g/mol. The van der Waals surface area contributed by atoms with Crippen molar-refractivity contribution >= 4 is 43.0 Å². The van der Waals surface area contributed by atoms with Gasteiger partial charge in [0, 0.05) is 23.6 Å². The summed E-state index contributed by atoms with van der Waals surface area (Å²) in [5.41, 5.74) is 2.70. The average Bonchev–Trinajstić information content (AvgIpc) is 3.64. The second-order valence-electron chi connectivity index (χ2n) is 11.3. The fourth-order valence-corrected chi connectivity index (χ4v) is 6.41. The number of alkyl carbamates (subject to hydrolysis) is 1. The molecule has 3 aromatic carbocycles. The van der Waals surface area contributed by atoms with Crippen molar-refractivity contribution in [3.05, 3.63) is 113 Å². The highest BCUT2D eigenvalue weighted by Gasteiger charge is 2.38. The number of nitrogens with one attached hydrogen (secondary N) is 3. The predicted molar refractivity (Wildman–Crippen MR) is 183 cm³/mol. The molecule has 0 radical (unpaired) electrons. The van der Waals surface area contributed by atoms with Crippen molar-refractivity contribution in [2.45, 2.75) is 51.8 Å². The van der Waals surface area contributed by atoms with Gasteiger partial charge in [0.05, 0.1) is 6.04 Å². The summed E-state index contributed by atoms with van der Waals surface area (Å²) in [6.07, 6.45) is -1.70. The van der Waals surface area contributed by atoms with Crippen molar-refractivity contribution < 1.29 is 47.7 Å². The number of carboxylic acids is 1. The van der Waals surface area contributed by atoms with Gasteiger partial charge >= 0.3 is 25.8 Å². The molecule has 2 unspecified atom stereocenters. The van der Waals surface area contributed by atoms with Crippen molar-refractivity contribution in [2.24, 2.45) is 5.92 Å². The summed E-state index contributed by atoms with van der Waals surface area (Å²) in [5, 5.41) is 19.2. The maximum atomic E-state index is 13.3. The fraction of sp³-hybridized carbons (Fsp3) is 0.265. The molecule has 0 saturated heterocycles.